The molecule has 1 atom stereocenters. The largest absolute Gasteiger partial charge is 0.497 e. The number of esters is 1. The summed E-state index contributed by atoms with van der Waals surface area (Å²) >= 11 is 0. The van der Waals surface area contributed by atoms with Gasteiger partial charge in [0.1, 0.15) is 29.1 Å². The molecule has 3 aromatic rings. The topological polar surface area (TPSA) is 99.8 Å². The molecule has 2 heterocycles. The Hall–Kier alpha value is -4.27. The van der Waals surface area contributed by atoms with Crippen molar-refractivity contribution in [1.82, 2.24) is 5.01 Å². The molecule has 0 fully saturated rings. The number of hydrazone groups is 1. The summed E-state index contributed by atoms with van der Waals surface area (Å²) in [4.78, 5) is 25.5. The number of benzene rings is 2. The van der Waals surface area contributed by atoms with Gasteiger partial charge in [0, 0.05) is 18.1 Å². The number of methoxy groups -OCH3 is 3. The van der Waals surface area contributed by atoms with Crippen LogP contribution in [0.1, 0.15) is 29.3 Å². The van der Waals surface area contributed by atoms with Crippen LogP contribution < -0.4 is 14.2 Å². The van der Waals surface area contributed by atoms with Crippen LogP contribution in [0.2, 0.25) is 0 Å². The Bertz CT molecular complexity index is 1200. The van der Waals surface area contributed by atoms with Crippen LogP contribution in [-0.2, 0) is 20.7 Å². The molecule has 1 aliphatic heterocycles. The van der Waals surface area contributed by atoms with E-state index in [-0.39, 0.29) is 6.42 Å². The molecular formula is C26H26N2O7. The molecule has 0 saturated carbocycles. The number of furan rings is 1. The summed E-state index contributed by atoms with van der Waals surface area (Å²) < 4.78 is 26.5. The van der Waals surface area contributed by atoms with Gasteiger partial charge in [-0.1, -0.05) is 6.07 Å². The molecule has 0 saturated heterocycles. The monoisotopic (exact) mass is 478 g/mol. The predicted octanol–water partition coefficient (Wildman–Crippen LogP) is 3.77. The Labute approximate surface area is 202 Å². The quantitative estimate of drug-likeness (QED) is 0.432. The maximum Gasteiger partial charge on any atom is 0.310 e. The zero-order valence-electron chi connectivity index (χ0n) is 19.7. The lowest BCUT2D eigenvalue weighted by Gasteiger charge is -2.19. The highest BCUT2D eigenvalue weighted by Gasteiger charge is 2.35. The first-order chi connectivity index (χ1) is 17.0. The molecule has 1 aliphatic rings. The maximum atomic E-state index is 13.0. The summed E-state index contributed by atoms with van der Waals surface area (Å²) in [6.07, 6.45) is 1.95. The minimum Gasteiger partial charge on any atom is -0.497 e. The van der Waals surface area contributed by atoms with Crippen molar-refractivity contribution in [3.05, 3.63) is 77.7 Å². The summed E-state index contributed by atoms with van der Waals surface area (Å²) in [6.45, 7) is -0.450. The van der Waals surface area contributed by atoms with Gasteiger partial charge in [0.05, 0.1) is 39.7 Å². The van der Waals surface area contributed by atoms with E-state index in [2.05, 4.69) is 5.10 Å². The molecule has 2 aromatic carbocycles. The van der Waals surface area contributed by atoms with E-state index in [9.17, 15) is 9.59 Å². The molecule has 1 aromatic heterocycles. The minimum atomic E-state index is -0.560. The summed E-state index contributed by atoms with van der Waals surface area (Å²) in [5.74, 6) is 1.42. The Morgan fingerprint density at radius 2 is 1.74 bits per heavy atom. The molecule has 0 aliphatic carbocycles. The van der Waals surface area contributed by atoms with Crippen molar-refractivity contribution < 1.29 is 33.0 Å². The van der Waals surface area contributed by atoms with Crippen LogP contribution in [0, 0.1) is 0 Å². The van der Waals surface area contributed by atoms with E-state index < -0.39 is 24.5 Å². The molecule has 182 valence electrons. The molecule has 1 unspecified atom stereocenters. The van der Waals surface area contributed by atoms with E-state index in [4.69, 9.17) is 23.4 Å². The number of ether oxygens (including phenoxy) is 4. The van der Waals surface area contributed by atoms with Crippen molar-refractivity contribution in [2.75, 3.05) is 27.9 Å². The molecule has 9 nitrogen and oxygen atoms in total. The smallest absolute Gasteiger partial charge is 0.310 e. The van der Waals surface area contributed by atoms with E-state index in [0.29, 0.717) is 29.2 Å². The van der Waals surface area contributed by atoms with Crippen LogP contribution in [0.3, 0.4) is 0 Å². The van der Waals surface area contributed by atoms with E-state index in [1.54, 1.807) is 50.8 Å². The normalized spacial score (nSPS) is 14.9. The first-order valence-corrected chi connectivity index (χ1v) is 11.0. The highest BCUT2D eigenvalue weighted by Crippen LogP contribution is 2.33. The SMILES string of the molecule is COc1ccc(C2=NN(C(=O)COC(=O)Cc3ccc(OC)cc3OC)C(c3ccco3)C2)cc1. The number of hydrogen-bond donors (Lipinski definition) is 0. The zero-order chi connectivity index (χ0) is 24.8. The lowest BCUT2D eigenvalue weighted by Crippen LogP contribution is -2.31. The van der Waals surface area contributed by atoms with Gasteiger partial charge >= 0.3 is 5.97 Å². The van der Waals surface area contributed by atoms with Crippen molar-refractivity contribution in [2.24, 2.45) is 5.10 Å². The molecular weight excluding hydrogens is 452 g/mol. The van der Waals surface area contributed by atoms with Crippen LogP contribution in [-0.4, -0.2) is 50.5 Å². The van der Waals surface area contributed by atoms with Crippen molar-refractivity contribution in [3.8, 4) is 17.2 Å². The lowest BCUT2D eigenvalue weighted by molar-refractivity contribution is -0.152. The first kappa shape index (κ1) is 23.9. The third-order valence-corrected chi connectivity index (χ3v) is 5.65. The molecule has 0 spiro atoms. The molecule has 0 radical (unpaired) electrons. The summed E-state index contributed by atoms with van der Waals surface area (Å²) in [5, 5.41) is 5.85. The molecule has 35 heavy (non-hydrogen) atoms. The highest BCUT2D eigenvalue weighted by atomic mass is 16.5. The fraction of sp³-hybridized carbons (Fsp3) is 0.269. The Morgan fingerprint density at radius 1 is 1.00 bits per heavy atom. The van der Waals surface area contributed by atoms with Crippen LogP contribution in [0.25, 0.3) is 0 Å². The lowest BCUT2D eigenvalue weighted by atomic mass is 10.0. The van der Waals surface area contributed by atoms with Crippen LogP contribution in [0.5, 0.6) is 17.2 Å². The fourth-order valence-electron chi connectivity index (χ4n) is 3.81. The van der Waals surface area contributed by atoms with Crippen molar-refractivity contribution >= 4 is 17.6 Å². The number of amides is 1. The third kappa shape index (κ3) is 5.46. The Balaban J connectivity index is 1.45. The Morgan fingerprint density at radius 3 is 2.40 bits per heavy atom. The third-order valence-electron chi connectivity index (χ3n) is 5.65. The van der Waals surface area contributed by atoms with Gasteiger partial charge in [0.15, 0.2) is 6.61 Å². The Kier molecular flexibility index (Phi) is 7.35. The van der Waals surface area contributed by atoms with Crippen LogP contribution in [0.4, 0.5) is 0 Å². The average molecular weight is 479 g/mol. The van der Waals surface area contributed by atoms with E-state index in [0.717, 1.165) is 17.0 Å². The minimum absolute atomic E-state index is 0.0531. The summed E-state index contributed by atoms with van der Waals surface area (Å²) in [6, 6.07) is 15.7. The van der Waals surface area contributed by atoms with Gasteiger partial charge in [-0.2, -0.15) is 5.10 Å². The van der Waals surface area contributed by atoms with Crippen molar-refractivity contribution in [2.45, 2.75) is 18.9 Å². The van der Waals surface area contributed by atoms with Crippen molar-refractivity contribution in [1.29, 1.82) is 0 Å². The van der Waals surface area contributed by atoms with Gasteiger partial charge in [-0.05, 0) is 48.0 Å². The van der Waals surface area contributed by atoms with E-state index in [1.165, 1.54) is 12.1 Å². The second kappa shape index (κ2) is 10.8. The standard InChI is InChI=1S/C26H26N2O7/c1-31-19-9-6-17(7-10-19)21-15-22(23-5-4-12-34-23)28(27-21)25(29)16-35-26(30)13-18-8-11-20(32-2)14-24(18)33-3/h4-12,14,22H,13,15-16H2,1-3H3. The summed E-state index contributed by atoms with van der Waals surface area (Å²) in [7, 11) is 4.65. The van der Waals surface area contributed by atoms with Gasteiger partial charge in [0.25, 0.3) is 5.91 Å². The average Bonchev–Trinajstić information content (AvgIpc) is 3.58. The number of carbonyl (C=O) groups is 2. The molecule has 0 bridgehead atoms. The van der Waals surface area contributed by atoms with Gasteiger partial charge < -0.3 is 23.4 Å². The number of carbonyl (C=O) groups excluding carboxylic acids is 2. The van der Waals surface area contributed by atoms with Crippen LogP contribution >= 0.6 is 0 Å². The predicted molar refractivity (Wildman–Crippen MR) is 127 cm³/mol. The van der Waals surface area contributed by atoms with Gasteiger partial charge in [-0.25, -0.2) is 5.01 Å². The van der Waals surface area contributed by atoms with Gasteiger partial charge in [0.2, 0.25) is 0 Å². The fourth-order valence-corrected chi connectivity index (χ4v) is 3.81. The van der Waals surface area contributed by atoms with Crippen LogP contribution in [0.15, 0.2) is 70.4 Å². The maximum absolute atomic E-state index is 13.0. The van der Waals surface area contributed by atoms with Gasteiger partial charge in [-0.15, -0.1) is 0 Å². The van der Waals surface area contributed by atoms with Gasteiger partial charge in [-0.3, -0.25) is 9.59 Å². The van der Waals surface area contributed by atoms with E-state index >= 15 is 0 Å². The first-order valence-electron chi connectivity index (χ1n) is 11.0. The second-order valence-electron chi connectivity index (χ2n) is 7.76. The zero-order valence-corrected chi connectivity index (χ0v) is 19.7. The number of nitrogens with zero attached hydrogens (tertiary/aromatic N) is 2. The molecule has 0 N–H and O–H groups in total. The summed E-state index contributed by atoms with van der Waals surface area (Å²) in [5.41, 5.74) is 2.21. The van der Waals surface area contributed by atoms with Crippen molar-refractivity contribution in [3.63, 3.8) is 0 Å². The molecule has 1 amide bonds. The number of rotatable bonds is 9. The molecule has 4 rings (SSSR count). The van der Waals surface area contributed by atoms with E-state index in [1.807, 2.05) is 24.3 Å². The molecule has 9 heteroatoms. The highest BCUT2D eigenvalue weighted by molar-refractivity contribution is 6.03. The number of hydrogen-bond acceptors (Lipinski definition) is 8. The second-order valence-corrected chi connectivity index (χ2v) is 7.76.